The van der Waals surface area contributed by atoms with Crippen LogP contribution in [0.25, 0.3) is 10.9 Å². The Morgan fingerprint density at radius 1 is 1.14 bits per heavy atom. The molecule has 4 nitrogen and oxygen atoms in total. The van der Waals surface area contributed by atoms with Gasteiger partial charge in [0.1, 0.15) is 11.3 Å². The van der Waals surface area contributed by atoms with Gasteiger partial charge in [0.05, 0.1) is 17.7 Å². The third kappa shape index (κ3) is 2.73. The first-order chi connectivity index (χ1) is 10.7. The lowest BCUT2D eigenvalue weighted by Crippen LogP contribution is -2.09. The van der Waals surface area contributed by atoms with E-state index in [2.05, 4.69) is 4.98 Å². The fourth-order valence-corrected chi connectivity index (χ4v) is 2.32. The number of rotatable bonds is 3. The zero-order valence-electron chi connectivity index (χ0n) is 11.7. The number of esters is 1. The molecule has 0 spiro atoms. The summed E-state index contributed by atoms with van der Waals surface area (Å²) in [5.74, 6) is 0.481. The number of hydrogen-bond acceptors (Lipinski definition) is 4. The number of hydrogen-bond donors (Lipinski definition) is 0. The lowest BCUT2D eigenvalue weighted by atomic mass is 10.2. The number of methoxy groups -OCH3 is 1. The van der Waals surface area contributed by atoms with Crippen LogP contribution >= 0.6 is 11.6 Å². The van der Waals surface area contributed by atoms with Crippen LogP contribution < -0.4 is 9.47 Å². The summed E-state index contributed by atoms with van der Waals surface area (Å²) in [4.78, 5) is 16.5. The van der Waals surface area contributed by atoms with Crippen LogP contribution in [0.3, 0.4) is 0 Å². The quantitative estimate of drug-likeness (QED) is 0.539. The number of benzene rings is 2. The first kappa shape index (κ1) is 14.4. The number of halogens is 1. The highest BCUT2D eigenvalue weighted by atomic mass is 35.5. The minimum Gasteiger partial charge on any atom is -0.497 e. The minimum atomic E-state index is -0.479. The zero-order valence-corrected chi connectivity index (χ0v) is 12.5. The van der Waals surface area contributed by atoms with Gasteiger partial charge in [0.2, 0.25) is 0 Å². The predicted molar refractivity (Wildman–Crippen MR) is 84.7 cm³/mol. The van der Waals surface area contributed by atoms with Crippen molar-refractivity contribution in [2.24, 2.45) is 0 Å². The molecule has 0 aliphatic heterocycles. The van der Waals surface area contributed by atoms with Gasteiger partial charge in [0.25, 0.3) is 0 Å². The second kappa shape index (κ2) is 6.03. The van der Waals surface area contributed by atoms with Gasteiger partial charge in [0.15, 0.2) is 5.75 Å². The summed E-state index contributed by atoms with van der Waals surface area (Å²) in [6, 6.07) is 13.7. The van der Waals surface area contributed by atoms with Crippen LogP contribution in [-0.2, 0) is 0 Å². The Hall–Kier alpha value is -2.59. The summed E-state index contributed by atoms with van der Waals surface area (Å²) in [5, 5.41) is 1.30. The molecule has 1 aromatic heterocycles. The molecule has 0 radical (unpaired) electrons. The molecule has 0 aliphatic rings. The van der Waals surface area contributed by atoms with E-state index in [-0.39, 0.29) is 0 Å². The van der Waals surface area contributed by atoms with Crippen LogP contribution in [0.2, 0.25) is 5.02 Å². The van der Waals surface area contributed by atoms with Crippen molar-refractivity contribution in [3.05, 3.63) is 65.3 Å². The van der Waals surface area contributed by atoms with E-state index in [1.807, 2.05) is 6.07 Å². The Balaban J connectivity index is 1.96. The van der Waals surface area contributed by atoms with E-state index in [4.69, 9.17) is 21.1 Å². The maximum absolute atomic E-state index is 12.3. The monoisotopic (exact) mass is 313 g/mol. The Bertz CT molecular complexity index is 848. The molecule has 0 amide bonds. The number of aromatic nitrogens is 1. The van der Waals surface area contributed by atoms with Crippen molar-refractivity contribution in [1.82, 2.24) is 4.98 Å². The third-order valence-corrected chi connectivity index (χ3v) is 3.52. The van der Waals surface area contributed by atoms with Gasteiger partial charge in [-0.25, -0.2) is 4.79 Å². The molecule has 0 saturated carbocycles. The molecule has 110 valence electrons. The molecular weight excluding hydrogens is 302 g/mol. The summed E-state index contributed by atoms with van der Waals surface area (Å²) in [6.45, 7) is 0. The van der Waals surface area contributed by atoms with E-state index < -0.39 is 5.97 Å². The molecule has 0 N–H and O–H groups in total. The fraction of sp³-hybridized carbons (Fsp3) is 0.0588. The summed E-state index contributed by atoms with van der Waals surface area (Å²) in [5.41, 5.74) is 0.949. The van der Waals surface area contributed by atoms with E-state index in [0.29, 0.717) is 27.6 Å². The molecule has 0 bridgehead atoms. The topological polar surface area (TPSA) is 48.4 Å². The van der Waals surface area contributed by atoms with Gasteiger partial charge in [-0.05, 0) is 42.5 Å². The predicted octanol–water partition coefficient (Wildman–Crippen LogP) is 4.12. The molecule has 0 fully saturated rings. The van der Waals surface area contributed by atoms with Crippen LogP contribution in [0.15, 0.2) is 54.7 Å². The Kier molecular flexibility index (Phi) is 3.94. The molecule has 3 aromatic rings. The van der Waals surface area contributed by atoms with Crippen molar-refractivity contribution in [2.75, 3.05) is 7.11 Å². The van der Waals surface area contributed by atoms with Crippen LogP contribution in [-0.4, -0.2) is 18.1 Å². The number of fused-ring (bicyclic) bond motifs is 1. The highest BCUT2D eigenvalue weighted by Crippen LogP contribution is 2.30. The molecule has 5 heteroatoms. The molecule has 0 aliphatic carbocycles. The average molecular weight is 314 g/mol. The SMILES string of the molecule is COc1cccc(C(=O)Oc2ccc(Cl)c3cccnc23)c1. The van der Waals surface area contributed by atoms with E-state index >= 15 is 0 Å². The standard InChI is InChI=1S/C17H12ClNO3/c1-21-12-5-2-4-11(10-12)17(20)22-15-8-7-14(18)13-6-3-9-19-16(13)15/h2-10H,1H3. The normalized spacial score (nSPS) is 10.5. The highest BCUT2D eigenvalue weighted by Gasteiger charge is 2.13. The Morgan fingerprint density at radius 3 is 2.82 bits per heavy atom. The molecule has 0 saturated heterocycles. The summed E-state index contributed by atoms with van der Waals surface area (Å²) in [7, 11) is 1.54. The molecule has 22 heavy (non-hydrogen) atoms. The van der Waals surface area contributed by atoms with Gasteiger partial charge >= 0.3 is 5.97 Å². The fourth-order valence-electron chi connectivity index (χ4n) is 2.10. The number of pyridine rings is 1. The maximum atomic E-state index is 12.3. The zero-order chi connectivity index (χ0) is 15.5. The Morgan fingerprint density at radius 2 is 2.00 bits per heavy atom. The molecule has 0 atom stereocenters. The van der Waals surface area contributed by atoms with Gasteiger partial charge in [-0.3, -0.25) is 4.98 Å². The smallest absolute Gasteiger partial charge is 0.343 e. The number of ether oxygens (including phenoxy) is 2. The van der Waals surface area contributed by atoms with Gasteiger partial charge in [-0.2, -0.15) is 0 Å². The first-order valence-corrected chi connectivity index (χ1v) is 6.96. The van der Waals surface area contributed by atoms with Gasteiger partial charge < -0.3 is 9.47 Å². The number of carbonyl (C=O) groups is 1. The summed E-state index contributed by atoms with van der Waals surface area (Å²) >= 11 is 6.13. The molecule has 2 aromatic carbocycles. The lowest BCUT2D eigenvalue weighted by Gasteiger charge is -2.08. The van der Waals surface area contributed by atoms with E-state index in [1.165, 1.54) is 0 Å². The minimum absolute atomic E-state index is 0.368. The summed E-state index contributed by atoms with van der Waals surface area (Å²) < 4.78 is 10.6. The first-order valence-electron chi connectivity index (χ1n) is 6.58. The second-order valence-electron chi connectivity index (χ2n) is 4.57. The van der Waals surface area contributed by atoms with Gasteiger partial charge in [0, 0.05) is 11.6 Å². The number of carbonyl (C=O) groups excluding carboxylic acids is 1. The van der Waals surface area contributed by atoms with Gasteiger partial charge in [-0.15, -0.1) is 0 Å². The van der Waals surface area contributed by atoms with Gasteiger partial charge in [-0.1, -0.05) is 17.7 Å². The highest BCUT2D eigenvalue weighted by molar-refractivity contribution is 6.35. The van der Waals surface area contributed by atoms with Crippen LogP contribution in [0, 0.1) is 0 Å². The van der Waals surface area contributed by atoms with E-state index in [1.54, 1.807) is 55.8 Å². The van der Waals surface area contributed by atoms with Crippen molar-refractivity contribution in [3.63, 3.8) is 0 Å². The average Bonchev–Trinajstić information content (AvgIpc) is 2.57. The molecular formula is C17H12ClNO3. The largest absolute Gasteiger partial charge is 0.497 e. The van der Waals surface area contributed by atoms with Crippen LogP contribution in [0.5, 0.6) is 11.5 Å². The van der Waals surface area contributed by atoms with Crippen LogP contribution in [0.1, 0.15) is 10.4 Å². The van der Waals surface area contributed by atoms with Crippen molar-refractivity contribution >= 4 is 28.5 Å². The van der Waals surface area contributed by atoms with Crippen molar-refractivity contribution in [3.8, 4) is 11.5 Å². The van der Waals surface area contributed by atoms with Crippen LogP contribution in [0.4, 0.5) is 0 Å². The van der Waals surface area contributed by atoms with Crippen molar-refractivity contribution < 1.29 is 14.3 Å². The maximum Gasteiger partial charge on any atom is 0.343 e. The van der Waals surface area contributed by atoms with Crippen molar-refractivity contribution in [1.29, 1.82) is 0 Å². The third-order valence-electron chi connectivity index (χ3n) is 3.19. The Labute approximate surface area is 132 Å². The second-order valence-corrected chi connectivity index (χ2v) is 4.97. The number of nitrogens with zero attached hydrogens (tertiary/aromatic N) is 1. The molecule has 0 unspecified atom stereocenters. The molecule has 3 rings (SSSR count). The molecule has 1 heterocycles. The summed E-state index contributed by atoms with van der Waals surface area (Å²) in [6.07, 6.45) is 1.63. The van der Waals surface area contributed by atoms with Crippen molar-refractivity contribution in [2.45, 2.75) is 0 Å². The van der Waals surface area contributed by atoms with E-state index in [9.17, 15) is 4.79 Å². The lowest BCUT2D eigenvalue weighted by molar-refractivity contribution is 0.0736. The van der Waals surface area contributed by atoms with E-state index in [0.717, 1.165) is 5.39 Å².